The van der Waals surface area contributed by atoms with Crippen LogP contribution in [-0.2, 0) is 10.2 Å². The number of nitrogens with zero attached hydrogens (tertiary/aromatic N) is 1. The van der Waals surface area contributed by atoms with Crippen molar-refractivity contribution in [2.75, 3.05) is 20.3 Å². The number of hydrogen-bond donors (Lipinski definition) is 1. The highest BCUT2D eigenvalue weighted by atomic mass is 32.1. The molecule has 0 radical (unpaired) electrons. The van der Waals surface area contributed by atoms with Gasteiger partial charge in [0.1, 0.15) is 15.6 Å². The Morgan fingerprint density at radius 2 is 2.04 bits per heavy atom. The molecule has 1 aliphatic rings. The van der Waals surface area contributed by atoms with Crippen molar-refractivity contribution in [3.8, 4) is 5.75 Å². The minimum absolute atomic E-state index is 0.306. The summed E-state index contributed by atoms with van der Waals surface area (Å²) in [5.74, 6) is -0.118. The second-order valence-electron chi connectivity index (χ2n) is 5.63. The van der Waals surface area contributed by atoms with Gasteiger partial charge in [-0.1, -0.05) is 18.2 Å². The lowest BCUT2D eigenvalue weighted by Crippen LogP contribution is -2.35. The van der Waals surface area contributed by atoms with Crippen molar-refractivity contribution in [2.24, 2.45) is 0 Å². The molecule has 1 aliphatic heterocycles. The molecule has 23 heavy (non-hydrogen) atoms. The van der Waals surface area contributed by atoms with Crippen LogP contribution in [-0.4, -0.2) is 36.4 Å². The molecule has 6 heteroatoms. The third kappa shape index (κ3) is 2.72. The van der Waals surface area contributed by atoms with Gasteiger partial charge in [0.05, 0.1) is 18.2 Å². The first-order chi connectivity index (χ1) is 11.1. The first kappa shape index (κ1) is 16.0. The molecule has 2 heterocycles. The third-order valence-corrected chi connectivity index (χ3v) is 5.72. The van der Waals surface area contributed by atoms with E-state index in [9.17, 15) is 9.90 Å². The Morgan fingerprint density at radius 1 is 1.35 bits per heavy atom. The molecule has 1 saturated heterocycles. The minimum Gasteiger partial charge on any atom is -0.496 e. The van der Waals surface area contributed by atoms with Gasteiger partial charge in [-0.3, -0.25) is 0 Å². The lowest BCUT2D eigenvalue weighted by atomic mass is 9.74. The van der Waals surface area contributed by atoms with E-state index in [0.717, 1.165) is 29.2 Å². The standard InChI is InChI=1S/C17H19NO4S/c1-11-14(15(19)20)23-16(18-11)17(7-9-22-10-8-17)12-5-3-4-6-13(12)21-2/h3-6H,7-10H2,1-2H3,(H,19,20). The summed E-state index contributed by atoms with van der Waals surface area (Å²) in [5, 5.41) is 10.2. The van der Waals surface area contributed by atoms with Crippen LogP contribution in [0.3, 0.4) is 0 Å². The van der Waals surface area contributed by atoms with Gasteiger partial charge in [-0.05, 0) is 25.8 Å². The summed E-state index contributed by atoms with van der Waals surface area (Å²) in [5.41, 5.74) is 1.27. The third-order valence-electron chi connectivity index (χ3n) is 4.37. The Hall–Kier alpha value is -1.92. The molecule has 1 N–H and O–H groups in total. The minimum atomic E-state index is -0.923. The largest absolute Gasteiger partial charge is 0.496 e. The normalized spacial score (nSPS) is 17.0. The first-order valence-corrected chi connectivity index (χ1v) is 8.32. The van der Waals surface area contributed by atoms with E-state index in [2.05, 4.69) is 4.98 Å². The van der Waals surface area contributed by atoms with Crippen molar-refractivity contribution >= 4 is 17.3 Å². The predicted molar refractivity (Wildman–Crippen MR) is 87.6 cm³/mol. The number of para-hydroxylation sites is 1. The average Bonchev–Trinajstić information content (AvgIpc) is 2.98. The maximum absolute atomic E-state index is 11.4. The molecule has 1 fully saturated rings. The predicted octanol–water partition coefficient (Wildman–Crippen LogP) is 3.25. The van der Waals surface area contributed by atoms with E-state index in [-0.39, 0.29) is 5.41 Å². The number of aromatic carboxylic acids is 1. The van der Waals surface area contributed by atoms with E-state index in [1.807, 2.05) is 24.3 Å². The second-order valence-corrected chi connectivity index (χ2v) is 6.63. The maximum Gasteiger partial charge on any atom is 0.347 e. The Balaban J connectivity index is 2.18. The molecule has 1 aromatic heterocycles. The summed E-state index contributed by atoms with van der Waals surface area (Å²) >= 11 is 1.27. The highest BCUT2D eigenvalue weighted by Crippen LogP contribution is 2.46. The van der Waals surface area contributed by atoms with Gasteiger partial charge in [0.2, 0.25) is 0 Å². The number of hydrogen-bond acceptors (Lipinski definition) is 5. The highest BCUT2D eigenvalue weighted by Gasteiger charge is 2.41. The van der Waals surface area contributed by atoms with E-state index >= 15 is 0 Å². The Labute approximate surface area is 138 Å². The van der Waals surface area contributed by atoms with E-state index in [0.29, 0.717) is 23.8 Å². The van der Waals surface area contributed by atoms with Gasteiger partial charge in [0.25, 0.3) is 0 Å². The van der Waals surface area contributed by atoms with Crippen LogP contribution < -0.4 is 4.74 Å². The quantitative estimate of drug-likeness (QED) is 0.930. The molecule has 0 atom stereocenters. The van der Waals surface area contributed by atoms with Crippen molar-refractivity contribution in [1.82, 2.24) is 4.98 Å². The van der Waals surface area contributed by atoms with E-state index in [1.54, 1.807) is 14.0 Å². The monoisotopic (exact) mass is 333 g/mol. The lowest BCUT2D eigenvalue weighted by molar-refractivity contribution is 0.0622. The molecule has 122 valence electrons. The average molecular weight is 333 g/mol. The molecule has 0 aliphatic carbocycles. The lowest BCUT2D eigenvalue weighted by Gasteiger charge is -2.36. The maximum atomic E-state index is 11.4. The summed E-state index contributed by atoms with van der Waals surface area (Å²) in [7, 11) is 1.65. The summed E-state index contributed by atoms with van der Waals surface area (Å²) in [6.45, 7) is 3.00. The van der Waals surface area contributed by atoms with Gasteiger partial charge in [0.15, 0.2) is 0 Å². The fraction of sp³-hybridized carbons (Fsp3) is 0.412. The van der Waals surface area contributed by atoms with Crippen molar-refractivity contribution < 1.29 is 19.4 Å². The van der Waals surface area contributed by atoms with Crippen LogP contribution in [0, 0.1) is 6.92 Å². The molecule has 3 rings (SSSR count). The van der Waals surface area contributed by atoms with Crippen LogP contribution in [0.1, 0.15) is 38.8 Å². The highest BCUT2D eigenvalue weighted by molar-refractivity contribution is 7.13. The number of carbonyl (C=O) groups is 1. The Kier molecular flexibility index (Phi) is 4.37. The van der Waals surface area contributed by atoms with Gasteiger partial charge in [-0.15, -0.1) is 11.3 Å². The van der Waals surface area contributed by atoms with Crippen LogP contribution >= 0.6 is 11.3 Å². The van der Waals surface area contributed by atoms with Crippen LogP contribution in [0.5, 0.6) is 5.75 Å². The summed E-state index contributed by atoms with van der Waals surface area (Å²) in [6.07, 6.45) is 1.53. The molecule has 0 saturated carbocycles. The van der Waals surface area contributed by atoms with Gasteiger partial charge in [0, 0.05) is 18.8 Å². The van der Waals surface area contributed by atoms with Crippen molar-refractivity contribution in [3.05, 3.63) is 45.4 Å². The molecule has 1 aromatic carbocycles. The molecule has 5 nitrogen and oxygen atoms in total. The molecular formula is C17H19NO4S. The zero-order valence-electron chi connectivity index (χ0n) is 13.2. The van der Waals surface area contributed by atoms with Crippen molar-refractivity contribution in [2.45, 2.75) is 25.2 Å². The summed E-state index contributed by atoms with van der Waals surface area (Å²) < 4.78 is 11.1. The van der Waals surface area contributed by atoms with Crippen molar-refractivity contribution in [3.63, 3.8) is 0 Å². The number of aromatic nitrogens is 1. The topological polar surface area (TPSA) is 68.7 Å². The van der Waals surface area contributed by atoms with Gasteiger partial charge < -0.3 is 14.6 Å². The van der Waals surface area contributed by atoms with Crippen molar-refractivity contribution in [1.29, 1.82) is 0 Å². The van der Waals surface area contributed by atoms with Crippen LogP contribution in [0.15, 0.2) is 24.3 Å². The zero-order valence-corrected chi connectivity index (χ0v) is 14.0. The van der Waals surface area contributed by atoms with E-state index in [4.69, 9.17) is 9.47 Å². The Morgan fingerprint density at radius 3 is 2.65 bits per heavy atom. The number of carboxylic acids is 1. The smallest absolute Gasteiger partial charge is 0.347 e. The number of rotatable bonds is 4. The van der Waals surface area contributed by atoms with E-state index in [1.165, 1.54) is 11.3 Å². The van der Waals surface area contributed by atoms with Crippen LogP contribution in [0.2, 0.25) is 0 Å². The molecule has 0 amide bonds. The number of ether oxygens (including phenoxy) is 2. The second kappa shape index (κ2) is 6.29. The fourth-order valence-electron chi connectivity index (χ4n) is 3.16. The number of benzene rings is 1. The number of aryl methyl sites for hydroxylation is 1. The number of thiazole rings is 1. The SMILES string of the molecule is COc1ccccc1C1(c2nc(C)c(C(=O)O)s2)CCOCC1. The molecule has 2 aromatic rings. The van der Waals surface area contributed by atoms with Crippen LogP contribution in [0.4, 0.5) is 0 Å². The molecule has 0 unspecified atom stereocenters. The number of methoxy groups -OCH3 is 1. The molecule has 0 spiro atoms. The summed E-state index contributed by atoms with van der Waals surface area (Å²) in [6, 6.07) is 7.89. The molecule has 0 bridgehead atoms. The van der Waals surface area contributed by atoms with Gasteiger partial charge >= 0.3 is 5.97 Å². The summed E-state index contributed by atoms with van der Waals surface area (Å²) in [4.78, 5) is 16.3. The molecular weight excluding hydrogens is 314 g/mol. The van der Waals surface area contributed by atoms with Crippen LogP contribution in [0.25, 0.3) is 0 Å². The van der Waals surface area contributed by atoms with Gasteiger partial charge in [-0.2, -0.15) is 0 Å². The fourth-order valence-corrected chi connectivity index (χ4v) is 4.32. The van der Waals surface area contributed by atoms with Gasteiger partial charge in [-0.25, -0.2) is 9.78 Å². The zero-order chi connectivity index (χ0) is 16.4. The number of carboxylic acid groups (broad SMARTS) is 1. The Bertz CT molecular complexity index is 719. The first-order valence-electron chi connectivity index (χ1n) is 7.51. The van der Waals surface area contributed by atoms with E-state index < -0.39 is 5.97 Å².